The second-order valence-electron chi connectivity index (χ2n) is 2.51. The summed E-state index contributed by atoms with van der Waals surface area (Å²) in [6.45, 7) is 1.80. The van der Waals surface area contributed by atoms with E-state index in [0.717, 1.165) is 31.2 Å². The summed E-state index contributed by atoms with van der Waals surface area (Å²) < 4.78 is 0. The Bertz CT molecular complexity index is 110. The van der Waals surface area contributed by atoms with Gasteiger partial charge in [-0.05, 0) is 19.1 Å². The Morgan fingerprint density at radius 1 is 1.50 bits per heavy atom. The van der Waals surface area contributed by atoms with Crippen LogP contribution < -0.4 is 0 Å². The first-order valence-electron chi connectivity index (χ1n) is 3.52. The van der Waals surface area contributed by atoms with Crippen LogP contribution in [0, 0.1) is 0 Å². The molecule has 0 aromatic heterocycles. The van der Waals surface area contributed by atoms with Crippen LogP contribution in [0.3, 0.4) is 0 Å². The fraction of sp³-hybridized carbons (Fsp3) is 0.857. The van der Waals surface area contributed by atoms with Crippen LogP contribution in [-0.4, -0.2) is 35.9 Å². The van der Waals surface area contributed by atoms with Crippen LogP contribution >= 0.6 is 11.8 Å². The second-order valence-corrected chi connectivity index (χ2v) is 3.65. The minimum absolute atomic E-state index is 0.768. The van der Waals surface area contributed by atoms with E-state index in [1.54, 1.807) is 4.90 Å². The third-order valence-electron chi connectivity index (χ3n) is 1.90. The minimum atomic E-state index is 0.768. The Morgan fingerprint density at radius 2 is 2.10 bits per heavy atom. The van der Waals surface area contributed by atoms with Crippen LogP contribution in [0.4, 0.5) is 0 Å². The monoisotopic (exact) mass is 158 g/mol. The molecule has 0 aliphatic carbocycles. The molecule has 1 amide bonds. The number of amides is 1. The lowest BCUT2D eigenvalue weighted by atomic mass is 10.1. The topological polar surface area (TPSA) is 20.3 Å². The Morgan fingerprint density at radius 3 is 2.50 bits per heavy atom. The minimum Gasteiger partial charge on any atom is -0.334 e. The van der Waals surface area contributed by atoms with Crippen molar-refractivity contribution in [1.82, 2.24) is 4.90 Å². The number of thioether (sulfide) groups is 1. The van der Waals surface area contributed by atoms with Gasteiger partial charge in [-0.1, -0.05) is 0 Å². The van der Waals surface area contributed by atoms with E-state index in [9.17, 15) is 4.79 Å². The van der Waals surface area contributed by atoms with Crippen LogP contribution in [-0.2, 0) is 4.79 Å². The van der Waals surface area contributed by atoms with Gasteiger partial charge in [0.25, 0.3) is 0 Å². The van der Waals surface area contributed by atoms with Crippen molar-refractivity contribution in [3.8, 4) is 0 Å². The lowest BCUT2D eigenvalue weighted by Crippen LogP contribution is -2.33. The van der Waals surface area contributed by atoms with E-state index in [1.165, 1.54) is 0 Å². The first-order valence-corrected chi connectivity index (χ1v) is 4.81. The maximum atomic E-state index is 10.1. The van der Waals surface area contributed by atoms with E-state index in [0.29, 0.717) is 0 Å². The smallest absolute Gasteiger partial charge is 0.312 e. The summed E-state index contributed by atoms with van der Waals surface area (Å²) in [5.41, 5.74) is 0. The highest BCUT2D eigenvalue weighted by Crippen LogP contribution is 2.19. The Kier molecular flexibility index (Phi) is 3.06. The number of nitrogens with zero attached hydrogens (tertiary/aromatic N) is 1. The molecule has 2 nitrogen and oxygen atoms in total. The number of hydrogen-bond donors (Lipinski definition) is 0. The Labute approximate surface area is 66.0 Å². The van der Waals surface area contributed by atoms with Gasteiger partial charge in [-0.2, -0.15) is 11.8 Å². The standard InChI is InChI=1S/C7H12NOS/c1-10-7-2-4-8(6-9)5-3-7/h7H,2-5H2,1H3. The van der Waals surface area contributed by atoms with E-state index in [-0.39, 0.29) is 0 Å². The summed E-state index contributed by atoms with van der Waals surface area (Å²) in [4.78, 5) is 11.9. The molecule has 3 heteroatoms. The fourth-order valence-corrected chi connectivity index (χ4v) is 1.87. The van der Waals surface area contributed by atoms with Gasteiger partial charge in [0, 0.05) is 18.3 Å². The number of hydrogen-bond acceptors (Lipinski definition) is 2. The average Bonchev–Trinajstić information content (AvgIpc) is 2.05. The average molecular weight is 158 g/mol. The molecular weight excluding hydrogens is 146 g/mol. The summed E-state index contributed by atoms with van der Waals surface area (Å²) in [5.74, 6) is 0. The summed E-state index contributed by atoms with van der Waals surface area (Å²) in [6, 6.07) is 0. The van der Waals surface area contributed by atoms with Gasteiger partial charge < -0.3 is 4.90 Å². The summed E-state index contributed by atoms with van der Waals surface area (Å²) in [6.07, 6.45) is 6.32. The number of likely N-dealkylation sites (tertiary alicyclic amines) is 1. The highest BCUT2D eigenvalue weighted by Gasteiger charge is 2.16. The molecule has 1 saturated heterocycles. The van der Waals surface area contributed by atoms with Crippen LogP contribution in [0.5, 0.6) is 0 Å². The molecule has 0 aromatic carbocycles. The molecule has 10 heavy (non-hydrogen) atoms. The first kappa shape index (κ1) is 7.92. The van der Waals surface area contributed by atoms with Crippen LogP contribution in [0.2, 0.25) is 0 Å². The van der Waals surface area contributed by atoms with E-state index in [1.807, 2.05) is 18.2 Å². The molecule has 1 fully saturated rings. The maximum absolute atomic E-state index is 10.1. The molecule has 0 spiro atoms. The lowest BCUT2D eigenvalue weighted by Gasteiger charge is -2.26. The summed E-state index contributed by atoms with van der Waals surface area (Å²) in [5, 5.41) is 0.768. The quantitative estimate of drug-likeness (QED) is 0.594. The van der Waals surface area contributed by atoms with Gasteiger partial charge in [-0.3, -0.25) is 4.79 Å². The van der Waals surface area contributed by atoms with Crippen molar-refractivity contribution in [2.45, 2.75) is 18.1 Å². The van der Waals surface area contributed by atoms with Gasteiger partial charge in [-0.25, -0.2) is 0 Å². The number of piperidine rings is 1. The van der Waals surface area contributed by atoms with E-state index >= 15 is 0 Å². The van der Waals surface area contributed by atoms with Gasteiger partial charge >= 0.3 is 6.41 Å². The van der Waals surface area contributed by atoms with Crippen molar-refractivity contribution in [2.75, 3.05) is 19.3 Å². The molecule has 1 rings (SSSR count). The lowest BCUT2D eigenvalue weighted by molar-refractivity contribution is 0.327. The molecule has 0 unspecified atom stereocenters. The van der Waals surface area contributed by atoms with Gasteiger partial charge in [0.1, 0.15) is 0 Å². The molecule has 1 heterocycles. The Hall–Kier alpha value is -0.180. The van der Waals surface area contributed by atoms with Crippen molar-refractivity contribution in [1.29, 1.82) is 0 Å². The molecule has 0 aromatic rings. The molecule has 1 radical (unpaired) electrons. The van der Waals surface area contributed by atoms with Gasteiger partial charge in [0.15, 0.2) is 0 Å². The van der Waals surface area contributed by atoms with Crippen molar-refractivity contribution in [2.24, 2.45) is 0 Å². The van der Waals surface area contributed by atoms with Gasteiger partial charge in [0.2, 0.25) is 0 Å². The molecule has 0 saturated carbocycles. The maximum Gasteiger partial charge on any atom is 0.312 e. The van der Waals surface area contributed by atoms with Crippen LogP contribution in [0.1, 0.15) is 12.8 Å². The first-order chi connectivity index (χ1) is 4.86. The highest BCUT2D eigenvalue weighted by atomic mass is 32.2. The summed E-state index contributed by atoms with van der Waals surface area (Å²) >= 11 is 1.90. The fourth-order valence-electron chi connectivity index (χ4n) is 1.18. The predicted octanol–water partition coefficient (Wildman–Crippen LogP) is 0.881. The van der Waals surface area contributed by atoms with Crippen molar-refractivity contribution >= 4 is 18.2 Å². The molecule has 0 N–H and O–H groups in total. The van der Waals surface area contributed by atoms with Gasteiger partial charge in [-0.15, -0.1) is 0 Å². The van der Waals surface area contributed by atoms with Crippen molar-refractivity contribution in [3.05, 3.63) is 0 Å². The molecule has 0 atom stereocenters. The molecular formula is C7H12NOS. The third kappa shape index (κ3) is 1.90. The molecule has 1 aliphatic rings. The second kappa shape index (κ2) is 3.86. The van der Waals surface area contributed by atoms with Crippen LogP contribution in [0.15, 0.2) is 0 Å². The largest absolute Gasteiger partial charge is 0.334 e. The zero-order valence-electron chi connectivity index (χ0n) is 6.17. The normalized spacial score (nSPS) is 21.1. The summed E-state index contributed by atoms with van der Waals surface area (Å²) in [7, 11) is 0. The Balaban J connectivity index is 2.23. The number of rotatable bonds is 2. The molecule has 0 bridgehead atoms. The van der Waals surface area contributed by atoms with E-state index < -0.39 is 0 Å². The predicted molar refractivity (Wildman–Crippen MR) is 43.8 cm³/mol. The van der Waals surface area contributed by atoms with Crippen LogP contribution in [0.25, 0.3) is 0 Å². The highest BCUT2D eigenvalue weighted by molar-refractivity contribution is 7.99. The zero-order valence-corrected chi connectivity index (χ0v) is 6.99. The zero-order chi connectivity index (χ0) is 7.40. The van der Waals surface area contributed by atoms with Gasteiger partial charge in [0.05, 0.1) is 0 Å². The molecule has 1 aliphatic heterocycles. The van der Waals surface area contributed by atoms with Crippen molar-refractivity contribution < 1.29 is 4.79 Å². The van der Waals surface area contributed by atoms with Crippen molar-refractivity contribution in [3.63, 3.8) is 0 Å². The SMILES string of the molecule is CSC1CCN([C]=O)CC1. The third-order valence-corrected chi connectivity index (χ3v) is 3.04. The van der Waals surface area contributed by atoms with E-state index in [4.69, 9.17) is 0 Å². The number of carbonyl (C=O) groups excluding carboxylic acids is 1. The van der Waals surface area contributed by atoms with E-state index in [2.05, 4.69) is 6.26 Å². The molecule has 57 valence electrons.